The Morgan fingerprint density at radius 3 is 2.30 bits per heavy atom. The molecule has 4 aromatic rings. The second kappa shape index (κ2) is 13.9. The molecule has 1 aliphatic heterocycles. The second-order valence-corrected chi connectivity index (χ2v) is 13.3. The molecule has 2 aliphatic rings. The summed E-state index contributed by atoms with van der Waals surface area (Å²) in [4.78, 5) is 24.7. The molecule has 6 rings (SSSR count). The molecule has 4 N–H and O–H groups in total. The number of nitrogens with zero attached hydrogens (tertiary/aromatic N) is 3. The molecule has 3 aromatic carbocycles. The lowest BCUT2D eigenvalue weighted by Gasteiger charge is -2.37. The van der Waals surface area contributed by atoms with Crippen LogP contribution < -0.4 is 30.1 Å². The van der Waals surface area contributed by atoms with Crippen molar-refractivity contribution < 1.29 is 22.7 Å². The first-order chi connectivity index (χ1) is 22.3. The lowest BCUT2D eigenvalue weighted by Crippen LogP contribution is -2.54. The van der Waals surface area contributed by atoms with Crippen LogP contribution in [-0.2, 0) is 14.8 Å². The Balaban J connectivity index is 1.19. The third-order valence-electron chi connectivity index (χ3n) is 8.40. The second-order valence-electron chi connectivity index (χ2n) is 11.6. The van der Waals surface area contributed by atoms with Gasteiger partial charge in [0, 0.05) is 67.7 Å². The fourth-order valence-corrected chi connectivity index (χ4v) is 7.18. The predicted octanol–water partition coefficient (Wildman–Crippen LogP) is 4.74. The quantitative estimate of drug-likeness (QED) is 0.180. The van der Waals surface area contributed by atoms with E-state index in [0.29, 0.717) is 46.4 Å². The van der Waals surface area contributed by atoms with Crippen LogP contribution in [0.25, 0.3) is 11.0 Å². The normalized spacial score (nSPS) is 17.5. The summed E-state index contributed by atoms with van der Waals surface area (Å²) in [5.74, 6) is 1.11. The van der Waals surface area contributed by atoms with E-state index in [2.05, 4.69) is 35.5 Å². The van der Waals surface area contributed by atoms with E-state index in [1.54, 1.807) is 62.8 Å². The number of rotatable bonds is 11. The maximum absolute atomic E-state index is 13.7. The van der Waals surface area contributed by atoms with Crippen molar-refractivity contribution in [3.63, 3.8) is 0 Å². The average molecular weight is 646 g/mol. The first-order valence-corrected chi connectivity index (χ1v) is 16.9. The van der Waals surface area contributed by atoms with E-state index >= 15 is 0 Å². The number of nitrogens with one attached hydrogen (secondary N) is 4. The Kier molecular flexibility index (Phi) is 9.52. The minimum atomic E-state index is -4.14. The lowest BCUT2D eigenvalue weighted by atomic mass is 10.1. The number of hydrogen-bond acceptors (Lipinski definition) is 10. The molecule has 13 heteroatoms. The smallest absolute Gasteiger partial charge is 0.263 e. The molecule has 1 saturated carbocycles. The Morgan fingerprint density at radius 1 is 0.913 bits per heavy atom. The van der Waals surface area contributed by atoms with Crippen LogP contribution in [0.4, 0.5) is 23.0 Å². The Bertz CT molecular complexity index is 1790. The monoisotopic (exact) mass is 645 g/mol. The highest BCUT2D eigenvalue weighted by atomic mass is 32.2. The van der Waals surface area contributed by atoms with Crippen LogP contribution in [0.1, 0.15) is 32.1 Å². The van der Waals surface area contributed by atoms with Gasteiger partial charge in [0.15, 0.2) is 11.6 Å². The van der Waals surface area contributed by atoms with Gasteiger partial charge in [0.2, 0.25) is 5.91 Å². The number of para-hydroxylation sites is 2. The van der Waals surface area contributed by atoms with Gasteiger partial charge in [0.1, 0.15) is 11.5 Å². The van der Waals surface area contributed by atoms with Crippen molar-refractivity contribution >= 4 is 50.0 Å². The molecule has 1 aromatic heterocycles. The molecule has 1 aliphatic carbocycles. The third-order valence-corrected chi connectivity index (χ3v) is 9.74. The molecular formula is C33H39N7O5S. The number of piperazine rings is 1. The van der Waals surface area contributed by atoms with Crippen molar-refractivity contribution in [2.45, 2.75) is 49.1 Å². The summed E-state index contributed by atoms with van der Waals surface area (Å²) in [6, 6.07) is 19.2. The van der Waals surface area contributed by atoms with Gasteiger partial charge in [-0.25, -0.2) is 18.4 Å². The predicted molar refractivity (Wildman–Crippen MR) is 178 cm³/mol. The Hall–Kier alpha value is -4.46. The first-order valence-electron chi connectivity index (χ1n) is 15.5. The van der Waals surface area contributed by atoms with Gasteiger partial charge in [-0.15, -0.1) is 0 Å². The molecule has 0 bridgehead atoms. The molecular weight excluding hydrogens is 606 g/mol. The van der Waals surface area contributed by atoms with Crippen LogP contribution in [-0.4, -0.2) is 75.1 Å². The number of amides is 1. The number of hydrogen-bond donors (Lipinski definition) is 4. The molecule has 2 fully saturated rings. The number of sulfonamides is 1. The topological polar surface area (TPSA) is 147 Å². The summed E-state index contributed by atoms with van der Waals surface area (Å²) < 4.78 is 40.7. The van der Waals surface area contributed by atoms with Gasteiger partial charge in [0.25, 0.3) is 10.0 Å². The zero-order valence-electron chi connectivity index (χ0n) is 26.0. The highest BCUT2D eigenvalue weighted by molar-refractivity contribution is 7.92. The zero-order chi connectivity index (χ0) is 32.1. The number of carbonyl (C=O) groups excluding carboxylic acids is 1. The van der Waals surface area contributed by atoms with Gasteiger partial charge in [-0.1, -0.05) is 31.0 Å². The van der Waals surface area contributed by atoms with E-state index in [1.807, 2.05) is 6.07 Å². The molecule has 12 nitrogen and oxygen atoms in total. The van der Waals surface area contributed by atoms with E-state index in [0.717, 1.165) is 19.6 Å². The van der Waals surface area contributed by atoms with Gasteiger partial charge in [-0.05, 0) is 43.2 Å². The maximum atomic E-state index is 13.7. The van der Waals surface area contributed by atoms with Gasteiger partial charge in [-0.3, -0.25) is 14.4 Å². The fraction of sp³-hybridized carbons (Fsp3) is 0.364. The summed E-state index contributed by atoms with van der Waals surface area (Å²) in [5.41, 5.74) is 2.04. The minimum Gasteiger partial charge on any atom is -0.497 e. The van der Waals surface area contributed by atoms with Gasteiger partial charge in [0.05, 0.1) is 30.1 Å². The van der Waals surface area contributed by atoms with Crippen LogP contribution in [0.15, 0.2) is 71.6 Å². The fourth-order valence-electron chi connectivity index (χ4n) is 6.13. The molecule has 1 amide bonds. The number of fused-ring (bicyclic) bond motifs is 1. The summed E-state index contributed by atoms with van der Waals surface area (Å²) >= 11 is 0. The first kappa shape index (κ1) is 31.5. The molecule has 1 atom stereocenters. The summed E-state index contributed by atoms with van der Waals surface area (Å²) in [7, 11) is -1.05. The third kappa shape index (κ3) is 7.49. The summed E-state index contributed by atoms with van der Waals surface area (Å²) in [6.45, 7) is 2.69. The largest absolute Gasteiger partial charge is 0.497 e. The highest BCUT2D eigenvalue weighted by Gasteiger charge is 2.29. The number of methoxy groups -OCH3 is 2. The van der Waals surface area contributed by atoms with Crippen LogP contribution in [0, 0.1) is 0 Å². The van der Waals surface area contributed by atoms with Gasteiger partial charge >= 0.3 is 0 Å². The molecule has 0 spiro atoms. The van der Waals surface area contributed by atoms with Crippen LogP contribution in [0.2, 0.25) is 0 Å². The average Bonchev–Trinajstić information content (AvgIpc) is 3.60. The summed E-state index contributed by atoms with van der Waals surface area (Å²) in [5, 5.41) is 9.50. The molecule has 2 heterocycles. The van der Waals surface area contributed by atoms with E-state index in [9.17, 15) is 13.2 Å². The van der Waals surface area contributed by atoms with E-state index in [4.69, 9.17) is 9.47 Å². The standard InChI is InChI=1S/C33H39N7O5S/c1-44-26-16-23(17-27(20-26)45-2)36-32-33(38-30-13-6-5-12-29(30)37-32)39-46(42,43)28-11-7-8-22(18-28)35-31(41)19-24-21-40(15-14-34-24)25-9-3-4-10-25/h5-8,11-13,16-18,20,24-25,34H,3-4,9-10,14-15,19,21H2,1-2H3,(H,35,41)(H,36,37)(H,38,39). The lowest BCUT2D eigenvalue weighted by molar-refractivity contribution is -0.117. The maximum Gasteiger partial charge on any atom is 0.263 e. The molecule has 0 radical (unpaired) electrons. The molecule has 46 heavy (non-hydrogen) atoms. The van der Waals surface area contributed by atoms with Crippen molar-refractivity contribution in [2.24, 2.45) is 0 Å². The number of aromatic nitrogens is 2. The van der Waals surface area contributed by atoms with Crippen molar-refractivity contribution in [2.75, 3.05) is 49.2 Å². The SMILES string of the molecule is COc1cc(Nc2nc3ccccc3nc2NS(=O)(=O)c2cccc(NC(=O)CC3CN(C4CCCC4)CCN3)c2)cc(OC)c1. The zero-order valence-corrected chi connectivity index (χ0v) is 26.8. The van der Waals surface area contributed by atoms with Gasteiger partial charge < -0.3 is 25.4 Å². The van der Waals surface area contributed by atoms with Crippen molar-refractivity contribution in [1.82, 2.24) is 20.2 Å². The Morgan fingerprint density at radius 2 is 1.61 bits per heavy atom. The molecule has 1 unspecified atom stereocenters. The number of ether oxygens (including phenoxy) is 2. The van der Waals surface area contributed by atoms with E-state index in [1.165, 1.54) is 37.8 Å². The van der Waals surface area contributed by atoms with Crippen molar-refractivity contribution in [3.8, 4) is 11.5 Å². The Labute approximate surface area is 269 Å². The highest BCUT2D eigenvalue weighted by Crippen LogP contribution is 2.32. The minimum absolute atomic E-state index is 0.00474. The number of benzene rings is 3. The van der Waals surface area contributed by atoms with Crippen LogP contribution in [0.3, 0.4) is 0 Å². The van der Waals surface area contributed by atoms with Gasteiger partial charge in [-0.2, -0.15) is 0 Å². The number of anilines is 4. The molecule has 242 valence electrons. The number of carbonyl (C=O) groups is 1. The molecule has 1 saturated heterocycles. The van der Waals surface area contributed by atoms with E-state index in [-0.39, 0.29) is 28.5 Å². The van der Waals surface area contributed by atoms with E-state index < -0.39 is 10.0 Å². The van der Waals surface area contributed by atoms with Crippen molar-refractivity contribution in [1.29, 1.82) is 0 Å². The van der Waals surface area contributed by atoms with Crippen LogP contribution >= 0.6 is 0 Å². The van der Waals surface area contributed by atoms with Crippen molar-refractivity contribution in [3.05, 3.63) is 66.7 Å². The summed E-state index contributed by atoms with van der Waals surface area (Å²) in [6.07, 6.45) is 5.31. The van der Waals surface area contributed by atoms with Crippen LogP contribution in [0.5, 0.6) is 11.5 Å².